The van der Waals surface area contributed by atoms with Gasteiger partial charge in [-0.1, -0.05) is 42.6 Å². The zero-order valence-corrected chi connectivity index (χ0v) is 18.0. The Bertz CT molecular complexity index is 957. The molecule has 0 spiro atoms. The number of hydrogen-bond donors (Lipinski definition) is 1. The van der Waals surface area contributed by atoms with Crippen molar-refractivity contribution in [1.82, 2.24) is 9.21 Å². The van der Waals surface area contributed by atoms with E-state index in [0.29, 0.717) is 30.3 Å². The van der Waals surface area contributed by atoms with E-state index in [1.807, 2.05) is 12.1 Å². The number of nitrogens with one attached hydrogen (secondary N) is 1. The monoisotopic (exact) mass is 435 g/mol. The molecule has 0 aliphatic carbocycles. The van der Waals surface area contributed by atoms with E-state index in [-0.39, 0.29) is 10.9 Å². The van der Waals surface area contributed by atoms with Gasteiger partial charge in [-0.2, -0.15) is 4.31 Å². The standard InChI is InChI=1S/C21H26ClN3O3S/c1-24(16-17-8-6-9-18(22)14-17)21(26)23-19-10-7-11-20(15-19)29(27,28)25-12-4-2-3-5-13-25/h6-11,14-15H,2-5,12-13,16H2,1H3,(H,23,26). The van der Waals surface area contributed by atoms with E-state index in [9.17, 15) is 13.2 Å². The minimum atomic E-state index is -3.56. The van der Waals surface area contributed by atoms with Crippen LogP contribution in [0.4, 0.5) is 10.5 Å². The van der Waals surface area contributed by atoms with E-state index in [0.717, 1.165) is 31.2 Å². The van der Waals surface area contributed by atoms with E-state index in [2.05, 4.69) is 5.32 Å². The summed E-state index contributed by atoms with van der Waals surface area (Å²) in [4.78, 5) is 14.3. The van der Waals surface area contributed by atoms with Crippen molar-refractivity contribution in [2.24, 2.45) is 0 Å². The second kappa shape index (κ2) is 9.61. The van der Waals surface area contributed by atoms with E-state index in [1.165, 1.54) is 11.0 Å². The van der Waals surface area contributed by atoms with Gasteiger partial charge in [0.05, 0.1) is 4.90 Å². The van der Waals surface area contributed by atoms with Crippen LogP contribution in [0.25, 0.3) is 0 Å². The van der Waals surface area contributed by atoms with E-state index < -0.39 is 10.0 Å². The SMILES string of the molecule is CN(Cc1cccc(Cl)c1)C(=O)Nc1cccc(S(=O)(=O)N2CCCCCC2)c1. The van der Waals surface area contributed by atoms with Gasteiger partial charge in [0, 0.05) is 37.4 Å². The lowest BCUT2D eigenvalue weighted by molar-refractivity contribution is 0.220. The molecule has 1 aliphatic rings. The lowest BCUT2D eigenvalue weighted by atomic mass is 10.2. The Kier molecular flexibility index (Phi) is 7.16. The summed E-state index contributed by atoms with van der Waals surface area (Å²) in [5.74, 6) is 0. The molecule has 0 radical (unpaired) electrons. The van der Waals surface area contributed by atoms with Crippen LogP contribution in [-0.4, -0.2) is 43.8 Å². The fourth-order valence-electron chi connectivity index (χ4n) is 3.37. The first-order valence-electron chi connectivity index (χ1n) is 9.73. The summed E-state index contributed by atoms with van der Waals surface area (Å²) in [6, 6.07) is 13.4. The molecule has 2 aromatic carbocycles. The molecule has 2 amide bonds. The fraction of sp³-hybridized carbons (Fsp3) is 0.381. The Hall–Kier alpha value is -2.09. The number of benzene rings is 2. The first kappa shape index (κ1) is 21.6. The molecule has 6 nitrogen and oxygen atoms in total. The Balaban J connectivity index is 1.69. The lowest BCUT2D eigenvalue weighted by Crippen LogP contribution is -2.32. The smallest absolute Gasteiger partial charge is 0.321 e. The van der Waals surface area contributed by atoms with Crippen LogP contribution in [0.15, 0.2) is 53.4 Å². The highest BCUT2D eigenvalue weighted by molar-refractivity contribution is 7.89. The number of hydrogen-bond acceptors (Lipinski definition) is 3. The molecular weight excluding hydrogens is 410 g/mol. The molecule has 156 valence electrons. The van der Waals surface area contributed by atoms with Gasteiger partial charge in [0.15, 0.2) is 0 Å². The molecule has 1 saturated heterocycles. The van der Waals surface area contributed by atoms with Gasteiger partial charge in [-0.25, -0.2) is 13.2 Å². The van der Waals surface area contributed by atoms with Crippen LogP contribution >= 0.6 is 11.6 Å². The largest absolute Gasteiger partial charge is 0.323 e. The van der Waals surface area contributed by atoms with Crippen LogP contribution in [-0.2, 0) is 16.6 Å². The molecule has 8 heteroatoms. The summed E-state index contributed by atoms with van der Waals surface area (Å²) in [5.41, 5.74) is 1.36. The predicted molar refractivity (Wildman–Crippen MR) is 116 cm³/mol. The molecule has 2 aromatic rings. The van der Waals surface area contributed by atoms with Crippen molar-refractivity contribution in [3.8, 4) is 0 Å². The number of sulfonamides is 1. The summed E-state index contributed by atoms with van der Waals surface area (Å²) >= 11 is 5.99. The summed E-state index contributed by atoms with van der Waals surface area (Å²) in [5, 5.41) is 3.39. The molecule has 1 N–H and O–H groups in total. The van der Waals surface area contributed by atoms with Gasteiger partial charge in [-0.3, -0.25) is 0 Å². The van der Waals surface area contributed by atoms with Crippen molar-refractivity contribution in [1.29, 1.82) is 0 Å². The molecule has 0 aromatic heterocycles. The van der Waals surface area contributed by atoms with Crippen LogP contribution in [0.2, 0.25) is 5.02 Å². The number of amides is 2. The fourth-order valence-corrected chi connectivity index (χ4v) is 5.14. The van der Waals surface area contributed by atoms with Gasteiger partial charge in [-0.05, 0) is 48.7 Å². The van der Waals surface area contributed by atoms with E-state index >= 15 is 0 Å². The summed E-state index contributed by atoms with van der Waals surface area (Å²) in [7, 11) is -1.89. The van der Waals surface area contributed by atoms with Crippen molar-refractivity contribution in [2.45, 2.75) is 37.1 Å². The summed E-state index contributed by atoms with van der Waals surface area (Å²) in [6.07, 6.45) is 3.87. The number of anilines is 1. The van der Waals surface area contributed by atoms with Crippen LogP contribution in [0.5, 0.6) is 0 Å². The van der Waals surface area contributed by atoms with Gasteiger partial charge >= 0.3 is 6.03 Å². The highest BCUT2D eigenvalue weighted by Crippen LogP contribution is 2.23. The van der Waals surface area contributed by atoms with Gasteiger partial charge in [0.2, 0.25) is 10.0 Å². The second-order valence-corrected chi connectivity index (χ2v) is 9.64. The Morgan fingerprint density at radius 2 is 1.76 bits per heavy atom. The van der Waals surface area contributed by atoms with Gasteiger partial charge in [0.25, 0.3) is 0 Å². The van der Waals surface area contributed by atoms with Crippen molar-refractivity contribution >= 4 is 33.3 Å². The van der Waals surface area contributed by atoms with Crippen molar-refractivity contribution in [3.63, 3.8) is 0 Å². The number of carbonyl (C=O) groups excluding carboxylic acids is 1. The lowest BCUT2D eigenvalue weighted by Gasteiger charge is -2.21. The van der Waals surface area contributed by atoms with Gasteiger partial charge < -0.3 is 10.2 Å². The summed E-state index contributed by atoms with van der Waals surface area (Å²) < 4.78 is 27.5. The molecule has 1 aliphatic heterocycles. The third-order valence-electron chi connectivity index (χ3n) is 4.94. The van der Waals surface area contributed by atoms with Gasteiger partial charge in [-0.15, -0.1) is 0 Å². The predicted octanol–water partition coefficient (Wildman–Crippen LogP) is 4.57. The Morgan fingerprint density at radius 1 is 1.07 bits per heavy atom. The first-order valence-corrected chi connectivity index (χ1v) is 11.5. The Labute approximate surface area is 177 Å². The number of urea groups is 1. The second-order valence-electron chi connectivity index (χ2n) is 7.26. The molecular formula is C21H26ClN3O3S. The normalized spacial score (nSPS) is 15.5. The van der Waals surface area contributed by atoms with Crippen molar-refractivity contribution < 1.29 is 13.2 Å². The minimum Gasteiger partial charge on any atom is -0.323 e. The van der Waals surface area contributed by atoms with E-state index in [4.69, 9.17) is 11.6 Å². The quantitative estimate of drug-likeness (QED) is 0.747. The first-order chi connectivity index (χ1) is 13.9. The molecule has 1 fully saturated rings. The molecule has 3 rings (SSSR count). The van der Waals surface area contributed by atoms with Crippen molar-refractivity contribution in [2.75, 3.05) is 25.5 Å². The average Bonchev–Trinajstić information content (AvgIpc) is 2.98. The number of nitrogens with zero attached hydrogens (tertiary/aromatic N) is 2. The minimum absolute atomic E-state index is 0.203. The van der Waals surface area contributed by atoms with Crippen molar-refractivity contribution in [3.05, 3.63) is 59.1 Å². The summed E-state index contributed by atoms with van der Waals surface area (Å²) in [6.45, 7) is 1.47. The maximum atomic E-state index is 13.0. The number of halogens is 1. The van der Waals surface area contributed by atoms with E-state index in [1.54, 1.807) is 41.7 Å². The molecule has 1 heterocycles. The number of carbonyl (C=O) groups is 1. The highest BCUT2D eigenvalue weighted by atomic mass is 35.5. The van der Waals surface area contributed by atoms with Crippen LogP contribution in [0.1, 0.15) is 31.2 Å². The molecule has 0 saturated carbocycles. The molecule has 0 unspecified atom stereocenters. The molecule has 0 atom stereocenters. The highest BCUT2D eigenvalue weighted by Gasteiger charge is 2.25. The number of rotatable bonds is 5. The third kappa shape index (κ3) is 5.72. The molecule has 29 heavy (non-hydrogen) atoms. The van der Waals surface area contributed by atoms with Gasteiger partial charge in [0.1, 0.15) is 0 Å². The van der Waals surface area contributed by atoms with Crippen LogP contribution < -0.4 is 5.32 Å². The Morgan fingerprint density at radius 3 is 2.45 bits per heavy atom. The van der Waals surface area contributed by atoms with Crippen LogP contribution in [0, 0.1) is 0 Å². The third-order valence-corrected chi connectivity index (χ3v) is 7.07. The van der Waals surface area contributed by atoms with Crippen LogP contribution in [0.3, 0.4) is 0 Å². The maximum absolute atomic E-state index is 13.0. The average molecular weight is 436 g/mol. The topological polar surface area (TPSA) is 69.7 Å². The zero-order chi connectivity index (χ0) is 20.9. The zero-order valence-electron chi connectivity index (χ0n) is 16.5. The molecule has 0 bridgehead atoms. The maximum Gasteiger partial charge on any atom is 0.321 e.